The molecule has 1 unspecified atom stereocenters. The smallest absolute Gasteiger partial charge is 0.334 e. The summed E-state index contributed by atoms with van der Waals surface area (Å²) in [5.74, 6) is -0.355. The zero-order chi connectivity index (χ0) is 7.56. The van der Waals surface area contributed by atoms with Gasteiger partial charge < -0.3 is 4.74 Å². The van der Waals surface area contributed by atoms with Crippen molar-refractivity contribution in [3.05, 3.63) is 11.1 Å². The highest BCUT2D eigenvalue weighted by Crippen LogP contribution is 2.19. The second-order valence-electron chi connectivity index (χ2n) is 2.03. The molecule has 2 nitrogen and oxygen atoms in total. The summed E-state index contributed by atoms with van der Waals surface area (Å²) in [6.07, 6.45) is 0.504. The number of cyclic esters (lactones) is 1. The predicted octanol–water partition coefficient (Wildman–Crippen LogP) is 1.66. The van der Waals surface area contributed by atoms with Crippen molar-refractivity contribution in [1.82, 2.24) is 0 Å². The molecule has 0 saturated carbocycles. The fourth-order valence-corrected chi connectivity index (χ4v) is 1.14. The Kier molecular flexibility index (Phi) is 2.57. The number of esters is 1. The molecule has 56 valence electrons. The van der Waals surface area contributed by atoms with Gasteiger partial charge in [-0.3, -0.25) is 0 Å². The van der Waals surface area contributed by atoms with E-state index in [0.717, 1.165) is 0 Å². The van der Waals surface area contributed by atoms with Crippen molar-refractivity contribution >= 4 is 29.2 Å². The highest BCUT2D eigenvalue weighted by atomic mass is 35.5. The SMILES string of the molecule is O=C1OCC(Cl)C/C1=C/Cl. The summed E-state index contributed by atoms with van der Waals surface area (Å²) in [6, 6.07) is 0. The lowest BCUT2D eigenvalue weighted by Gasteiger charge is -2.17. The molecule has 1 saturated heterocycles. The molecule has 0 amide bonds. The number of hydrogen-bond acceptors (Lipinski definition) is 2. The molecule has 0 aromatic heterocycles. The van der Waals surface area contributed by atoms with Gasteiger partial charge in [0.25, 0.3) is 0 Å². The summed E-state index contributed by atoms with van der Waals surface area (Å²) in [7, 11) is 0. The lowest BCUT2D eigenvalue weighted by atomic mass is 10.1. The average molecular weight is 181 g/mol. The molecule has 0 spiro atoms. The Balaban J connectivity index is 2.63. The Morgan fingerprint density at radius 3 is 2.90 bits per heavy atom. The fourth-order valence-electron chi connectivity index (χ4n) is 0.729. The maximum Gasteiger partial charge on any atom is 0.334 e. The first-order chi connectivity index (χ1) is 4.74. The second-order valence-corrected chi connectivity index (χ2v) is 2.87. The molecule has 4 heteroatoms. The highest BCUT2D eigenvalue weighted by Gasteiger charge is 2.22. The minimum atomic E-state index is -0.355. The van der Waals surface area contributed by atoms with E-state index >= 15 is 0 Å². The van der Waals surface area contributed by atoms with Gasteiger partial charge in [0.15, 0.2) is 0 Å². The van der Waals surface area contributed by atoms with Crippen molar-refractivity contribution in [3.63, 3.8) is 0 Å². The molecule has 0 bridgehead atoms. The zero-order valence-corrected chi connectivity index (χ0v) is 6.65. The van der Waals surface area contributed by atoms with Crippen LogP contribution in [-0.4, -0.2) is 18.0 Å². The Bertz CT molecular complexity index is 177. The number of hydrogen-bond donors (Lipinski definition) is 0. The topological polar surface area (TPSA) is 26.3 Å². The molecule has 0 aromatic carbocycles. The number of ether oxygens (including phenoxy) is 1. The van der Waals surface area contributed by atoms with Crippen LogP contribution < -0.4 is 0 Å². The lowest BCUT2D eigenvalue weighted by Crippen LogP contribution is -2.24. The van der Waals surface area contributed by atoms with Gasteiger partial charge in [-0.1, -0.05) is 11.6 Å². The maximum atomic E-state index is 10.7. The first-order valence-electron chi connectivity index (χ1n) is 2.84. The molecule has 0 N–H and O–H groups in total. The molecule has 1 aliphatic rings. The monoisotopic (exact) mass is 180 g/mol. The van der Waals surface area contributed by atoms with Crippen molar-refractivity contribution in [2.75, 3.05) is 6.61 Å². The van der Waals surface area contributed by atoms with E-state index in [0.29, 0.717) is 12.0 Å². The van der Waals surface area contributed by atoms with Gasteiger partial charge in [-0.25, -0.2) is 4.79 Å². The molecule has 1 aliphatic heterocycles. The minimum absolute atomic E-state index is 0.123. The summed E-state index contributed by atoms with van der Waals surface area (Å²) >= 11 is 11.0. The average Bonchev–Trinajstić information content (AvgIpc) is 1.94. The lowest BCUT2D eigenvalue weighted by molar-refractivity contribution is -0.141. The van der Waals surface area contributed by atoms with Crippen LogP contribution in [0.3, 0.4) is 0 Å². The number of rotatable bonds is 0. The number of carbonyl (C=O) groups is 1. The second kappa shape index (κ2) is 3.26. The summed E-state index contributed by atoms with van der Waals surface area (Å²) < 4.78 is 4.67. The van der Waals surface area contributed by atoms with E-state index in [1.165, 1.54) is 5.54 Å². The van der Waals surface area contributed by atoms with Gasteiger partial charge >= 0.3 is 5.97 Å². The van der Waals surface area contributed by atoms with E-state index in [9.17, 15) is 4.79 Å². The van der Waals surface area contributed by atoms with Gasteiger partial charge in [0.1, 0.15) is 6.61 Å². The summed E-state index contributed by atoms with van der Waals surface area (Å²) in [5.41, 5.74) is 1.67. The molecular weight excluding hydrogens is 175 g/mol. The fraction of sp³-hybridized carbons (Fsp3) is 0.500. The van der Waals surface area contributed by atoms with E-state index in [2.05, 4.69) is 4.74 Å². The van der Waals surface area contributed by atoms with Crippen LogP contribution in [0.2, 0.25) is 0 Å². The van der Waals surface area contributed by atoms with Crippen molar-refractivity contribution < 1.29 is 9.53 Å². The van der Waals surface area contributed by atoms with Gasteiger partial charge in [0.2, 0.25) is 0 Å². The minimum Gasteiger partial charge on any atom is -0.461 e. The van der Waals surface area contributed by atoms with Gasteiger partial charge in [0, 0.05) is 12.0 Å². The van der Waals surface area contributed by atoms with E-state index < -0.39 is 0 Å². The third kappa shape index (κ3) is 1.64. The van der Waals surface area contributed by atoms with Gasteiger partial charge in [-0.05, 0) is 0 Å². The molecule has 1 atom stereocenters. The van der Waals surface area contributed by atoms with Gasteiger partial charge in [-0.15, -0.1) is 11.6 Å². The van der Waals surface area contributed by atoms with Crippen molar-refractivity contribution in [3.8, 4) is 0 Å². The van der Waals surface area contributed by atoms with E-state index in [1.807, 2.05) is 0 Å². The molecule has 0 aliphatic carbocycles. The first kappa shape index (κ1) is 7.89. The van der Waals surface area contributed by atoms with Crippen LogP contribution in [0, 0.1) is 0 Å². The Hall–Kier alpha value is -0.210. The molecule has 0 aromatic rings. The molecule has 1 fully saturated rings. The summed E-state index contributed by atoms with van der Waals surface area (Å²) in [4.78, 5) is 10.7. The maximum absolute atomic E-state index is 10.7. The molecule has 1 rings (SSSR count). The van der Waals surface area contributed by atoms with Crippen molar-refractivity contribution in [1.29, 1.82) is 0 Å². The number of halogens is 2. The first-order valence-corrected chi connectivity index (χ1v) is 3.71. The van der Waals surface area contributed by atoms with Crippen LogP contribution in [0.4, 0.5) is 0 Å². The molecule has 1 heterocycles. The molecule has 10 heavy (non-hydrogen) atoms. The third-order valence-corrected chi connectivity index (χ3v) is 1.77. The van der Waals surface area contributed by atoms with E-state index in [1.54, 1.807) is 0 Å². The summed E-state index contributed by atoms with van der Waals surface area (Å²) in [6.45, 7) is 0.286. The predicted molar refractivity (Wildman–Crippen MR) is 39.2 cm³/mol. The summed E-state index contributed by atoms with van der Waals surface area (Å²) in [5, 5.41) is -0.123. The van der Waals surface area contributed by atoms with Crippen LogP contribution in [0.1, 0.15) is 6.42 Å². The van der Waals surface area contributed by atoms with Gasteiger partial charge in [0.05, 0.1) is 11.0 Å². The molecule has 0 radical (unpaired) electrons. The Labute approximate surface area is 68.8 Å². The number of carbonyl (C=O) groups excluding carboxylic acids is 1. The van der Waals surface area contributed by atoms with E-state index in [4.69, 9.17) is 23.2 Å². The quantitative estimate of drug-likeness (QED) is 0.322. The standard InChI is InChI=1S/C6H6Cl2O2/c7-2-4-1-5(8)3-10-6(4)9/h2,5H,1,3H2/b4-2-. The van der Waals surface area contributed by atoms with Crippen LogP contribution in [-0.2, 0) is 9.53 Å². The van der Waals surface area contributed by atoms with Crippen molar-refractivity contribution in [2.45, 2.75) is 11.8 Å². The Morgan fingerprint density at radius 1 is 1.70 bits per heavy atom. The van der Waals surface area contributed by atoms with Crippen LogP contribution in [0.25, 0.3) is 0 Å². The third-order valence-electron chi connectivity index (χ3n) is 1.23. The largest absolute Gasteiger partial charge is 0.461 e. The van der Waals surface area contributed by atoms with Gasteiger partial charge in [-0.2, -0.15) is 0 Å². The zero-order valence-electron chi connectivity index (χ0n) is 5.14. The van der Waals surface area contributed by atoms with Crippen molar-refractivity contribution in [2.24, 2.45) is 0 Å². The highest BCUT2D eigenvalue weighted by molar-refractivity contribution is 6.28. The Morgan fingerprint density at radius 2 is 2.40 bits per heavy atom. The van der Waals surface area contributed by atoms with Crippen LogP contribution in [0.5, 0.6) is 0 Å². The molecular formula is C6H6Cl2O2. The van der Waals surface area contributed by atoms with Crippen LogP contribution in [0.15, 0.2) is 11.1 Å². The van der Waals surface area contributed by atoms with E-state index in [-0.39, 0.29) is 18.0 Å². The number of alkyl halides is 1. The van der Waals surface area contributed by atoms with Crippen LogP contribution >= 0.6 is 23.2 Å². The normalized spacial score (nSPS) is 30.4.